The molecule has 0 radical (unpaired) electrons. The van der Waals surface area contributed by atoms with Gasteiger partial charge in [0.05, 0.1) is 19.8 Å². The van der Waals surface area contributed by atoms with Gasteiger partial charge in [0, 0.05) is 15.4 Å². The zero-order chi connectivity index (χ0) is 16.4. The van der Waals surface area contributed by atoms with Crippen LogP contribution in [-0.4, -0.2) is 25.8 Å². The molecule has 1 aliphatic carbocycles. The zero-order valence-corrected chi connectivity index (χ0v) is 13.5. The predicted octanol–water partition coefficient (Wildman–Crippen LogP) is 3.72. The highest BCUT2D eigenvalue weighted by Gasteiger charge is 2.36. The van der Waals surface area contributed by atoms with Crippen molar-refractivity contribution < 1.29 is 19.1 Å². The summed E-state index contributed by atoms with van der Waals surface area (Å²) >= 11 is 1.44. The Labute approximate surface area is 138 Å². The second-order valence-electron chi connectivity index (χ2n) is 4.82. The molecule has 0 unspecified atom stereocenters. The average molecular weight is 326 g/mol. The van der Waals surface area contributed by atoms with Gasteiger partial charge in [-0.25, -0.2) is 0 Å². The fraction of sp³-hybridized carbons (Fsp3) is 0.111. The lowest BCUT2D eigenvalue weighted by atomic mass is 9.92. The molecule has 23 heavy (non-hydrogen) atoms. The van der Waals surface area contributed by atoms with Gasteiger partial charge in [0.2, 0.25) is 23.1 Å². The van der Waals surface area contributed by atoms with Crippen LogP contribution in [0.1, 0.15) is 20.7 Å². The number of benzene rings is 2. The number of carbonyl (C=O) groups excluding carboxylic acids is 2. The van der Waals surface area contributed by atoms with Crippen LogP contribution in [0.3, 0.4) is 0 Å². The number of ether oxygens (including phenoxy) is 2. The third kappa shape index (κ3) is 2.64. The molecule has 0 saturated heterocycles. The highest BCUT2D eigenvalue weighted by molar-refractivity contribution is 7.99. The van der Waals surface area contributed by atoms with Gasteiger partial charge in [0.1, 0.15) is 0 Å². The Kier molecular flexibility index (Phi) is 4.21. The molecule has 0 spiro atoms. The molecular weight excluding hydrogens is 312 g/mol. The smallest absolute Gasteiger partial charge is 0.233 e. The van der Waals surface area contributed by atoms with Gasteiger partial charge in [0.15, 0.2) is 0 Å². The Bertz CT molecular complexity index is 809. The van der Waals surface area contributed by atoms with E-state index < -0.39 is 0 Å². The van der Waals surface area contributed by atoms with Gasteiger partial charge < -0.3 is 9.47 Å². The Morgan fingerprint density at radius 3 is 2.09 bits per heavy atom. The number of Topliss-reactive ketones (excluding diaryl/α,β-unsaturated/α-hetero) is 2. The standard InChI is InChI=1S/C18H14O4S/c1-21-17-15(19)12-9-6-10-13(14(12)16(20)18(17)22-2)23-11-7-4-3-5-8-11/h3-10H,1-2H3. The Hall–Kier alpha value is -2.53. The number of methoxy groups -OCH3 is 2. The van der Waals surface area contributed by atoms with Gasteiger partial charge in [-0.1, -0.05) is 42.1 Å². The molecular formula is C18H14O4S. The predicted molar refractivity (Wildman–Crippen MR) is 86.7 cm³/mol. The topological polar surface area (TPSA) is 52.6 Å². The van der Waals surface area contributed by atoms with E-state index in [-0.39, 0.29) is 23.1 Å². The summed E-state index contributed by atoms with van der Waals surface area (Å²) in [5, 5.41) is 0. The van der Waals surface area contributed by atoms with E-state index in [1.165, 1.54) is 26.0 Å². The lowest BCUT2D eigenvalue weighted by molar-refractivity contribution is 0.0826. The summed E-state index contributed by atoms with van der Waals surface area (Å²) in [5.41, 5.74) is 0.706. The Morgan fingerprint density at radius 2 is 1.43 bits per heavy atom. The molecule has 4 nitrogen and oxygen atoms in total. The molecule has 0 atom stereocenters. The van der Waals surface area contributed by atoms with E-state index in [1.54, 1.807) is 12.1 Å². The molecule has 0 aromatic heterocycles. The lowest BCUT2D eigenvalue weighted by Gasteiger charge is -2.20. The highest BCUT2D eigenvalue weighted by atomic mass is 32.2. The normalized spacial score (nSPS) is 13.8. The SMILES string of the molecule is COC1=C(OC)C(=O)c2c(Sc3ccccc3)cccc2C1=O. The zero-order valence-electron chi connectivity index (χ0n) is 12.7. The monoisotopic (exact) mass is 326 g/mol. The third-order valence-corrected chi connectivity index (χ3v) is 4.56. The number of ketones is 2. The summed E-state index contributed by atoms with van der Waals surface area (Å²) in [6, 6.07) is 14.9. The summed E-state index contributed by atoms with van der Waals surface area (Å²) in [7, 11) is 2.71. The minimum absolute atomic E-state index is 0.0492. The maximum atomic E-state index is 12.7. The van der Waals surface area contributed by atoms with Crippen molar-refractivity contribution in [1.29, 1.82) is 0 Å². The number of hydrogen-bond donors (Lipinski definition) is 0. The van der Waals surface area contributed by atoms with Crippen molar-refractivity contribution in [3.8, 4) is 0 Å². The van der Waals surface area contributed by atoms with Gasteiger partial charge >= 0.3 is 0 Å². The molecule has 1 aliphatic rings. The molecule has 0 bridgehead atoms. The summed E-state index contributed by atoms with van der Waals surface area (Å²) in [6.07, 6.45) is 0. The molecule has 5 heteroatoms. The van der Waals surface area contributed by atoms with Crippen LogP contribution in [0, 0.1) is 0 Å². The van der Waals surface area contributed by atoms with Crippen molar-refractivity contribution in [2.45, 2.75) is 9.79 Å². The lowest BCUT2D eigenvalue weighted by Crippen LogP contribution is -2.24. The number of fused-ring (bicyclic) bond motifs is 1. The maximum Gasteiger partial charge on any atom is 0.233 e. The van der Waals surface area contributed by atoms with Crippen LogP contribution in [0.25, 0.3) is 0 Å². The van der Waals surface area contributed by atoms with Gasteiger partial charge in [-0.2, -0.15) is 0 Å². The summed E-state index contributed by atoms with van der Waals surface area (Å²) in [5.74, 6) is -0.773. The maximum absolute atomic E-state index is 12.7. The van der Waals surface area contributed by atoms with E-state index in [2.05, 4.69) is 0 Å². The molecule has 0 amide bonds. The third-order valence-electron chi connectivity index (χ3n) is 3.50. The fourth-order valence-corrected chi connectivity index (χ4v) is 3.47. The van der Waals surface area contributed by atoms with Crippen LogP contribution in [0.2, 0.25) is 0 Å². The van der Waals surface area contributed by atoms with Crippen molar-refractivity contribution in [3.05, 3.63) is 71.2 Å². The Morgan fingerprint density at radius 1 is 0.783 bits per heavy atom. The fourth-order valence-electron chi connectivity index (χ4n) is 2.47. The number of rotatable bonds is 4. The van der Waals surface area contributed by atoms with Crippen molar-refractivity contribution in [2.75, 3.05) is 14.2 Å². The van der Waals surface area contributed by atoms with Gasteiger partial charge in [-0.15, -0.1) is 0 Å². The molecule has 116 valence electrons. The van der Waals surface area contributed by atoms with Crippen molar-refractivity contribution in [2.24, 2.45) is 0 Å². The van der Waals surface area contributed by atoms with Crippen molar-refractivity contribution in [1.82, 2.24) is 0 Å². The second kappa shape index (κ2) is 6.30. The van der Waals surface area contributed by atoms with E-state index in [9.17, 15) is 9.59 Å². The van der Waals surface area contributed by atoms with E-state index in [0.29, 0.717) is 11.1 Å². The largest absolute Gasteiger partial charge is 0.489 e. The molecule has 0 aliphatic heterocycles. The first kappa shape index (κ1) is 15.4. The average Bonchev–Trinajstić information content (AvgIpc) is 2.58. The summed E-state index contributed by atoms with van der Waals surface area (Å²) < 4.78 is 10.2. The summed E-state index contributed by atoms with van der Waals surface area (Å²) in [6.45, 7) is 0. The van der Waals surface area contributed by atoms with E-state index >= 15 is 0 Å². The molecule has 0 saturated carbocycles. The number of allylic oxidation sites excluding steroid dienone is 2. The molecule has 0 heterocycles. The first-order chi connectivity index (χ1) is 11.2. The minimum Gasteiger partial charge on any atom is -0.489 e. The van der Waals surface area contributed by atoms with Gasteiger partial charge in [-0.05, 0) is 18.2 Å². The van der Waals surface area contributed by atoms with E-state index in [1.807, 2.05) is 36.4 Å². The summed E-state index contributed by atoms with van der Waals surface area (Å²) in [4.78, 5) is 27.0. The first-order valence-electron chi connectivity index (χ1n) is 6.95. The first-order valence-corrected chi connectivity index (χ1v) is 7.76. The van der Waals surface area contributed by atoms with Crippen LogP contribution in [-0.2, 0) is 9.47 Å². The van der Waals surface area contributed by atoms with Crippen molar-refractivity contribution >= 4 is 23.3 Å². The minimum atomic E-state index is -0.338. The molecule has 2 aromatic rings. The molecule has 0 N–H and O–H groups in total. The molecule has 2 aromatic carbocycles. The van der Waals surface area contributed by atoms with Crippen LogP contribution < -0.4 is 0 Å². The number of carbonyl (C=O) groups is 2. The second-order valence-corrected chi connectivity index (χ2v) is 5.93. The van der Waals surface area contributed by atoms with Crippen molar-refractivity contribution in [3.63, 3.8) is 0 Å². The van der Waals surface area contributed by atoms with Gasteiger partial charge in [-0.3, -0.25) is 9.59 Å². The van der Waals surface area contributed by atoms with Crippen LogP contribution in [0.15, 0.2) is 69.8 Å². The van der Waals surface area contributed by atoms with Crippen LogP contribution >= 0.6 is 11.8 Å². The Balaban J connectivity index is 2.12. The van der Waals surface area contributed by atoms with E-state index in [0.717, 1.165) is 9.79 Å². The number of hydrogen-bond acceptors (Lipinski definition) is 5. The van der Waals surface area contributed by atoms with Crippen LogP contribution in [0.5, 0.6) is 0 Å². The quantitative estimate of drug-likeness (QED) is 0.857. The van der Waals surface area contributed by atoms with Gasteiger partial charge in [0.25, 0.3) is 0 Å². The van der Waals surface area contributed by atoms with Crippen LogP contribution in [0.4, 0.5) is 0 Å². The highest BCUT2D eigenvalue weighted by Crippen LogP contribution is 2.37. The molecule has 3 rings (SSSR count). The molecule has 0 fully saturated rings. The van der Waals surface area contributed by atoms with E-state index in [4.69, 9.17) is 9.47 Å².